The SMILES string of the molecule is CC(C)[Si](C1=NC2OC(c3ccccc3)(c3ccccc3)C2(C(O)c2ccccc2)O1)(C(C)C)C(C)C. The number of benzene rings is 3. The zero-order valence-corrected chi connectivity index (χ0v) is 23.8. The molecule has 3 aromatic carbocycles. The molecule has 1 saturated heterocycles. The molecule has 37 heavy (non-hydrogen) atoms. The van der Waals surface area contributed by atoms with E-state index in [-0.39, 0.29) is 0 Å². The van der Waals surface area contributed by atoms with Crippen molar-refractivity contribution in [2.24, 2.45) is 4.99 Å². The maximum atomic E-state index is 12.3. The van der Waals surface area contributed by atoms with Gasteiger partial charge in [-0.05, 0) is 33.3 Å². The van der Waals surface area contributed by atoms with E-state index in [1.807, 2.05) is 66.7 Å². The molecule has 0 aliphatic carbocycles. The Balaban J connectivity index is 1.76. The van der Waals surface area contributed by atoms with E-state index in [2.05, 4.69) is 65.8 Å². The molecule has 0 radical (unpaired) electrons. The number of nitrogens with zero attached hydrogens (tertiary/aromatic N) is 1. The summed E-state index contributed by atoms with van der Waals surface area (Å²) in [4.78, 5) is 5.23. The molecule has 1 N–H and O–H groups in total. The molecule has 2 aliphatic heterocycles. The van der Waals surface area contributed by atoms with Gasteiger partial charge in [0.15, 0.2) is 25.4 Å². The number of fused-ring (bicyclic) bond motifs is 1. The Labute approximate surface area is 222 Å². The van der Waals surface area contributed by atoms with Gasteiger partial charge in [0.2, 0.25) is 5.60 Å². The van der Waals surface area contributed by atoms with Crippen LogP contribution in [0.25, 0.3) is 0 Å². The average molecular weight is 514 g/mol. The maximum absolute atomic E-state index is 12.3. The molecule has 3 atom stereocenters. The molecule has 0 spiro atoms. The Morgan fingerprint density at radius 1 is 0.703 bits per heavy atom. The fourth-order valence-electron chi connectivity index (χ4n) is 7.31. The maximum Gasteiger partial charge on any atom is 0.223 e. The van der Waals surface area contributed by atoms with E-state index < -0.39 is 31.6 Å². The molecule has 5 rings (SSSR count). The van der Waals surface area contributed by atoms with Crippen molar-refractivity contribution in [1.29, 1.82) is 0 Å². The van der Waals surface area contributed by atoms with Gasteiger partial charge in [0, 0.05) is 0 Å². The summed E-state index contributed by atoms with van der Waals surface area (Å²) in [6.45, 7) is 13.8. The van der Waals surface area contributed by atoms with E-state index in [1.54, 1.807) is 0 Å². The Hall–Kier alpha value is -2.73. The zero-order valence-electron chi connectivity index (χ0n) is 22.8. The summed E-state index contributed by atoms with van der Waals surface area (Å²) in [6.07, 6.45) is -1.56. The van der Waals surface area contributed by atoms with Crippen molar-refractivity contribution >= 4 is 13.6 Å². The van der Waals surface area contributed by atoms with Gasteiger partial charge in [0.25, 0.3) is 0 Å². The molecule has 2 aliphatic rings. The zero-order chi connectivity index (χ0) is 26.4. The van der Waals surface area contributed by atoms with E-state index in [0.717, 1.165) is 22.2 Å². The third-order valence-corrected chi connectivity index (χ3v) is 15.5. The van der Waals surface area contributed by atoms with Gasteiger partial charge in [-0.25, -0.2) is 4.99 Å². The summed E-state index contributed by atoms with van der Waals surface area (Å²) >= 11 is 0. The molecule has 3 aromatic rings. The highest BCUT2D eigenvalue weighted by molar-refractivity contribution is 7.08. The number of aliphatic hydroxyl groups is 1. The number of hydrogen-bond donors (Lipinski definition) is 1. The Morgan fingerprint density at radius 3 is 1.57 bits per heavy atom. The molecule has 4 nitrogen and oxygen atoms in total. The number of aliphatic imine (C=N–C) groups is 1. The van der Waals surface area contributed by atoms with Crippen molar-refractivity contribution in [3.8, 4) is 0 Å². The van der Waals surface area contributed by atoms with Gasteiger partial charge in [0.05, 0.1) is 0 Å². The van der Waals surface area contributed by atoms with Crippen LogP contribution in [-0.2, 0) is 15.1 Å². The van der Waals surface area contributed by atoms with Crippen LogP contribution in [0.2, 0.25) is 16.6 Å². The van der Waals surface area contributed by atoms with Crippen LogP contribution < -0.4 is 0 Å². The second kappa shape index (κ2) is 9.54. The van der Waals surface area contributed by atoms with Crippen molar-refractivity contribution < 1.29 is 14.6 Å². The van der Waals surface area contributed by atoms with Crippen LogP contribution in [0.1, 0.15) is 64.3 Å². The first-order valence-electron chi connectivity index (χ1n) is 13.5. The van der Waals surface area contributed by atoms with Crippen LogP contribution in [0.15, 0.2) is 96.0 Å². The van der Waals surface area contributed by atoms with Gasteiger partial charge in [-0.15, -0.1) is 0 Å². The highest BCUT2D eigenvalue weighted by Gasteiger charge is 2.79. The minimum Gasteiger partial charge on any atom is -0.467 e. The smallest absolute Gasteiger partial charge is 0.223 e. The fraction of sp³-hybridized carbons (Fsp3) is 0.406. The second-order valence-electron chi connectivity index (χ2n) is 11.4. The molecule has 0 aromatic heterocycles. The summed E-state index contributed by atoms with van der Waals surface area (Å²) in [5, 5.41) is 12.3. The van der Waals surface area contributed by atoms with Crippen LogP contribution in [0.5, 0.6) is 0 Å². The van der Waals surface area contributed by atoms with E-state index in [0.29, 0.717) is 16.6 Å². The lowest BCUT2D eigenvalue weighted by Crippen LogP contribution is -2.74. The van der Waals surface area contributed by atoms with Crippen LogP contribution in [0.4, 0.5) is 0 Å². The Morgan fingerprint density at radius 2 is 1.14 bits per heavy atom. The van der Waals surface area contributed by atoms with E-state index in [9.17, 15) is 5.11 Å². The lowest BCUT2D eigenvalue weighted by Gasteiger charge is -2.60. The van der Waals surface area contributed by atoms with E-state index in [1.165, 1.54) is 0 Å². The summed E-state index contributed by atoms with van der Waals surface area (Å²) in [5.41, 5.74) is 2.63. The minimum absolute atomic E-state index is 0.414. The molecule has 194 valence electrons. The van der Waals surface area contributed by atoms with Gasteiger partial charge < -0.3 is 14.6 Å². The van der Waals surface area contributed by atoms with Gasteiger partial charge in [0.1, 0.15) is 6.10 Å². The summed E-state index contributed by atoms with van der Waals surface area (Å²) in [7, 11) is -2.26. The quantitative estimate of drug-likeness (QED) is 0.319. The van der Waals surface area contributed by atoms with Crippen molar-refractivity contribution in [2.75, 3.05) is 0 Å². The van der Waals surface area contributed by atoms with E-state index in [4.69, 9.17) is 14.5 Å². The monoisotopic (exact) mass is 513 g/mol. The first-order valence-corrected chi connectivity index (χ1v) is 15.7. The lowest BCUT2D eigenvalue weighted by molar-refractivity contribution is -0.349. The summed E-state index contributed by atoms with van der Waals surface area (Å²) in [5.74, 6) is 0. The molecule has 2 heterocycles. The molecule has 5 heteroatoms. The van der Waals surface area contributed by atoms with Crippen molar-refractivity contribution in [3.63, 3.8) is 0 Å². The molecular formula is C32H39NO3Si. The van der Waals surface area contributed by atoms with Gasteiger partial charge in [-0.2, -0.15) is 0 Å². The molecule has 0 bridgehead atoms. The predicted octanol–water partition coefficient (Wildman–Crippen LogP) is 7.41. The van der Waals surface area contributed by atoms with Crippen LogP contribution in [-0.4, -0.2) is 30.5 Å². The summed E-state index contributed by atoms with van der Waals surface area (Å²) < 4.78 is 14.2. The Kier molecular flexibility index (Phi) is 6.67. The average Bonchev–Trinajstić information content (AvgIpc) is 3.19. The van der Waals surface area contributed by atoms with E-state index >= 15 is 0 Å². The number of rotatable bonds is 8. The number of ether oxygens (including phenoxy) is 2. The molecule has 3 unspecified atom stereocenters. The standard InChI is InChI=1S/C32H39NO3Si/c1-22(2)37(23(3)4,24(5)6)30-33-29-32(36-30,28(34)25-16-10-7-11-17-25)31(35-29,26-18-12-8-13-19-26)27-20-14-9-15-21-27/h7-24,28-29,34H,1-6H3. The first kappa shape index (κ1) is 25.9. The molecule has 0 amide bonds. The minimum atomic E-state index is -2.26. The third kappa shape index (κ3) is 3.51. The van der Waals surface area contributed by atoms with Crippen LogP contribution in [0.3, 0.4) is 0 Å². The van der Waals surface area contributed by atoms with Crippen LogP contribution >= 0.6 is 0 Å². The summed E-state index contributed by atoms with van der Waals surface area (Å²) in [6, 6.07) is 30.2. The lowest BCUT2D eigenvalue weighted by atomic mass is 9.63. The fourth-order valence-corrected chi connectivity index (χ4v) is 13.5. The molecular weight excluding hydrogens is 474 g/mol. The van der Waals surface area contributed by atoms with Crippen molar-refractivity contribution in [2.45, 2.75) is 81.7 Å². The third-order valence-electron chi connectivity index (χ3n) is 8.82. The van der Waals surface area contributed by atoms with Gasteiger partial charge in [-0.3, -0.25) is 0 Å². The highest BCUT2D eigenvalue weighted by Crippen LogP contribution is 2.65. The van der Waals surface area contributed by atoms with Gasteiger partial charge >= 0.3 is 0 Å². The van der Waals surface area contributed by atoms with Crippen LogP contribution in [0, 0.1) is 0 Å². The molecule has 1 fully saturated rings. The number of aliphatic hydroxyl groups excluding tert-OH is 1. The van der Waals surface area contributed by atoms with Crippen molar-refractivity contribution in [3.05, 3.63) is 108 Å². The first-order chi connectivity index (χ1) is 17.7. The predicted molar refractivity (Wildman–Crippen MR) is 152 cm³/mol. The number of hydrogen-bond acceptors (Lipinski definition) is 4. The largest absolute Gasteiger partial charge is 0.467 e. The van der Waals surface area contributed by atoms with Gasteiger partial charge in [-0.1, -0.05) is 133 Å². The molecule has 0 saturated carbocycles. The highest BCUT2D eigenvalue weighted by atomic mass is 28.3. The normalized spacial score (nSPS) is 23.4. The Bertz CT molecular complexity index is 1180. The van der Waals surface area contributed by atoms with Crippen molar-refractivity contribution in [1.82, 2.24) is 0 Å². The second-order valence-corrected chi connectivity index (χ2v) is 17.2. The topological polar surface area (TPSA) is 51.0 Å².